The molecule has 3 N–H and O–H groups in total. The van der Waals surface area contributed by atoms with Gasteiger partial charge in [-0.15, -0.1) is 5.92 Å². The lowest BCUT2D eigenvalue weighted by Crippen LogP contribution is -2.41. The molecule has 30 heavy (non-hydrogen) atoms. The minimum absolute atomic E-state index is 0.0121. The van der Waals surface area contributed by atoms with Gasteiger partial charge in [-0.2, -0.15) is 0 Å². The van der Waals surface area contributed by atoms with Crippen molar-refractivity contribution in [3.8, 4) is 17.6 Å². The molecular weight excluding hydrogens is 399 g/mol. The first-order valence-corrected chi connectivity index (χ1v) is 11.8. The summed E-state index contributed by atoms with van der Waals surface area (Å²) < 4.78 is 16.5. The molecule has 0 unspecified atom stereocenters. The third-order valence-corrected chi connectivity index (χ3v) is 5.47. The number of likely N-dealkylation sites (N-methyl/N-ethyl adjacent to an activating group) is 1. The zero-order valence-electron chi connectivity index (χ0n) is 17.6. The maximum Gasteiger partial charge on any atom is 0.328 e. The van der Waals surface area contributed by atoms with Crippen molar-refractivity contribution in [3.05, 3.63) is 65.7 Å². The summed E-state index contributed by atoms with van der Waals surface area (Å²) in [5.74, 6) is 6.69. The van der Waals surface area contributed by atoms with E-state index in [1.165, 1.54) is 5.56 Å². The highest BCUT2D eigenvalue weighted by Crippen LogP contribution is 2.33. The highest BCUT2D eigenvalue weighted by Gasteiger charge is 2.16. The predicted octanol–water partition coefficient (Wildman–Crippen LogP) is 2.90. The Kier molecular flexibility index (Phi) is 10.1. The largest absolute Gasteiger partial charge is 0.493 e. The number of nitrogens with zero attached hydrogens (tertiary/aromatic N) is 1. The van der Waals surface area contributed by atoms with Crippen molar-refractivity contribution in [1.29, 1.82) is 0 Å². The van der Waals surface area contributed by atoms with E-state index in [4.69, 9.17) is 14.5 Å². The van der Waals surface area contributed by atoms with Gasteiger partial charge in [0.25, 0.3) is 0 Å². The van der Waals surface area contributed by atoms with Gasteiger partial charge >= 0.3 is 7.60 Å². The molecule has 0 aromatic heterocycles. The van der Waals surface area contributed by atoms with Gasteiger partial charge in [-0.05, 0) is 43.7 Å². The first-order chi connectivity index (χ1) is 14.4. The van der Waals surface area contributed by atoms with Crippen LogP contribution in [0, 0.1) is 11.8 Å². The van der Waals surface area contributed by atoms with Crippen molar-refractivity contribution in [2.24, 2.45) is 0 Å². The molecule has 1 atom stereocenters. The molecule has 0 saturated heterocycles. The van der Waals surface area contributed by atoms with E-state index in [9.17, 15) is 4.57 Å². The number of hydrogen-bond donors (Lipinski definition) is 3. The number of ether oxygens (including phenoxy) is 1. The van der Waals surface area contributed by atoms with Gasteiger partial charge in [0.2, 0.25) is 0 Å². The summed E-state index contributed by atoms with van der Waals surface area (Å²) in [4.78, 5) is 20.2. The Morgan fingerprint density at radius 3 is 2.57 bits per heavy atom. The molecular formula is C23H31N2O4P. The van der Waals surface area contributed by atoms with Crippen molar-refractivity contribution in [1.82, 2.24) is 10.2 Å². The Hall–Kier alpha value is -2.13. The summed E-state index contributed by atoms with van der Waals surface area (Å²) in [6.45, 7) is 4.12. The molecule has 0 amide bonds. The lowest BCUT2D eigenvalue weighted by molar-refractivity contribution is 0.259. The third-order valence-electron chi connectivity index (χ3n) is 4.70. The molecule has 0 aliphatic rings. The van der Waals surface area contributed by atoms with E-state index in [2.05, 4.69) is 41.2 Å². The number of benzene rings is 2. The van der Waals surface area contributed by atoms with Gasteiger partial charge in [-0.25, -0.2) is 0 Å². The smallest absolute Gasteiger partial charge is 0.328 e. The molecule has 0 spiro atoms. The third kappa shape index (κ3) is 9.58. The zero-order valence-corrected chi connectivity index (χ0v) is 18.5. The van der Waals surface area contributed by atoms with Gasteiger partial charge < -0.3 is 19.8 Å². The molecule has 0 fully saturated rings. The second-order valence-corrected chi connectivity index (χ2v) is 8.98. The van der Waals surface area contributed by atoms with Crippen LogP contribution in [0.5, 0.6) is 5.75 Å². The van der Waals surface area contributed by atoms with E-state index in [-0.39, 0.29) is 18.8 Å². The van der Waals surface area contributed by atoms with E-state index < -0.39 is 7.60 Å². The monoisotopic (exact) mass is 430 g/mol. The van der Waals surface area contributed by atoms with Crippen molar-refractivity contribution >= 4 is 7.60 Å². The Bertz CT molecular complexity index is 874. The summed E-state index contributed by atoms with van der Waals surface area (Å²) >= 11 is 0. The Morgan fingerprint density at radius 2 is 1.87 bits per heavy atom. The summed E-state index contributed by atoms with van der Waals surface area (Å²) in [6.07, 6.45) is 0.515. The van der Waals surface area contributed by atoms with Crippen molar-refractivity contribution < 1.29 is 19.1 Å². The van der Waals surface area contributed by atoms with Crippen molar-refractivity contribution in [2.75, 3.05) is 32.9 Å². The molecule has 2 aromatic carbocycles. The summed E-state index contributed by atoms with van der Waals surface area (Å²) in [6, 6.07) is 18.2. The van der Waals surface area contributed by atoms with Crippen LogP contribution in [0.2, 0.25) is 0 Å². The van der Waals surface area contributed by atoms with E-state index in [0.29, 0.717) is 12.3 Å². The number of rotatable bonds is 12. The van der Waals surface area contributed by atoms with Gasteiger partial charge in [0.05, 0.1) is 19.3 Å². The normalized spacial score (nSPS) is 12.3. The van der Waals surface area contributed by atoms with Crippen LogP contribution in [0.4, 0.5) is 0 Å². The highest BCUT2D eigenvalue weighted by atomic mass is 31.2. The quantitative estimate of drug-likeness (QED) is 0.355. The lowest BCUT2D eigenvalue weighted by atomic mass is 10.0. The van der Waals surface area contributed by atoms with E-state index in [0.717, 1.165) is 25.1 Å². The molecule has 162 valence electrons. The van der Waals surface area contributed by atoms with Crippen LogP contribution in [0.25, 0.3) is 0 Å². The summed E-state index contributed by atoms with van der Waals surface area (Å²) in [7, 11) is -1.98. The zero-order chi connectivity index (χ0) is 21.8. The Balaban J connectivity index is 1.98. The summed E-state index contributed by atoms with van der Waals surface area (Å²) in [5.41, 5.74) is 2.35. The van der Waals surface area contributed by atoms with E-state index in [1.807, 2.05) is 43.3 Å². The molecule has 0 heterocycles. The van der Waals surface area contributed by atoms with Crippen LogP contribution in [-0.4, -0.2) is 53.6 Å². The average Bonchev–Trinajstić information content (AvgIpc) is 2.71. The van der Waals surface area contributed by atoms with Crippen LogP contribution in [0.3, 0.4) is 0 Å². The van der Waals surface area contributed by atoms with E-state index >= 15 is 0 Å². The highest BCUT2D eigenvalue weighted by molar-refractivity contribution is 7.51. The maximum absolute atomic E-state index is 11.0. The molecule has 7 heteroatoms. The Morgan fingerprint density at radius 1 is 1.13 bits per heavy atom. The van der Waals surface area contributed by atoms with Crippen molar-refractivity contribution in [2.45, 2.75) is 25.9 Å². The fraction of sp³-hybridized carbons (Fsp3) is 0.391. The van der Waals surface area contributed by atoms with Crippen LogP contribution < -0.4 is 10.1 Å². The topological polar surface area (TPSA) is 82.0 Å². The lowest BCUT2D eigenvalue weighted by Gasteiger charge is -2.27. The first kappa shape index (κ1) is 24.1. The second kappa shape index (κ2) is 12.5. The number of hydrogen-bond acceptors (Lipinski definition) is 4. The molecule has 2 rings (SSSR count). The first-order valence-electron chi connectivity index (χ1n) is 9.98. The molecule has 0 aliphatic heterocycles. The molecule has 0 radical (unpaired) electrons. The fourth-order valence-corrected chi connectivity index (χ4v) is 3.34. The van der Waals surface area contributed by atoms with Crippen LogP contribution >= 0.6 is 7.60 Å². The predicted molar refractivity (Wildman–Crippen MR) is 121 cm³/mol. The van der Waals surface area contributed by atoms with Crippen LogP contribution in [-0.2, 0) is 17.5 Å². The van der Waals surface area contributed by atoms with Gasteiger partial charge in [0.15, 0.2) is 0 Å². The van der Waals surface area contributed by atoms with Gasteiger partial charge in [-0.1, -0.05) is 48.4 Å². The molecule has 0 bridgehead atoms. The van der Waals surface area contributed by atoms with Crippen LogP contribution in [0.1, 0.15) is 18.1 Å². The minimum Gasteiger partial charge on any atom is -0.493 e. The molecule has 6 nitrogen and oxygen atoms in total. The minimum atomic E-state index is -4.05. The fourth-order valence-electron chi connectivity index (χ4n) is 3.01. The molecule has 2 aromatic rings. The molecule has 0 saturated carbocycles. The van der Waals surface area contributed by atoms with Crippen molar-refractivity contribution in [3.63, 3.8) is 0 Å². The van der Waals surface area contributed by atoms with E-state index in [1.54, 1.807) is 6.07 Å². The SMILES string of the molecule is CC#CCN(C)[C@H](CNCc1ccccc1)Cc1cccc(OCCP(=O)(O)O)c1. The number of nitrogens with one attached hydrogen (secondary N) is 1. The van der Waals surface area contributed by atoms with Gasteiger partial charge in [0.1, 0.15) is 5.75 Å². The maximum atomic E-state index is 11.0. The molecule has 0 aliphatic carbocycles. The second-order valence-electron chi connectivity index (χ2n) is 7.20. The Labute approximate surface area is 179 Å². The van der Waals surface area contributed by atoms with Crippen LogP contribution in [0.15, 0.2) is 54.6 Å². The average molecular weight is 430 g/mol. The standard InChI is InChI=1S/C23H31N2O4P/c1-3-4-13-25(2)22(19-24-18-20-9-6-5-7-10-20)16-21-11-8-12-23(17-21)29-14-15-30(26,27)28/h5-12,17,22,24H,13-16,18-19H2,1-2H3,(H2,26,27,28)/t22-/m0/s1. The van der Waals surface area contributed by atoms with Gasteiger partial charge in [0, 0.05) is 19.1 Å². The van der Waals surface area contributed by atoms with Gasteiger partial charge in [-0.3, -0.25) is 9.46 Å². The summed E-state index contributed by atoms with van der Waals surface area (Å²) in [5, 5.41) is 3.54.